The van der Waals surface area contributed by atoms with Crippen molar-refractivity contribution in [3.05, 3.63) is 29.1 Å². The Morgan fingerprint density at radius 3 is 2.71 bits per heavy atom. The summed E-state index contributed by atoms with van der Waals surface area (Å²) in [5.41, 5.74) is 12.5. The van der Waals surface area contributed by atoms with E-state index in [0.717, 1.165) is 32.1 Å². The summed E-state index contributed by atoms with van der Waals surface area (Å²) in [6, 6.07) is 3.06. The zero-order chi connectivity index (χ0) is 16.9. The molecule has 1 spiro atoms. The molecule has 126 valence electrons. The molecule has 1 aliphatic carbocycles. The average molecular weight is 330 g/mol. The molecule has 1 fully saturated rings. The molecule has 1 aromatic carbocycles. The molecule has 1 amide bonds. The van der Waals surface area contributed by atoms with Crippen molar-refractivity contribution >= 4 is 23.5 Å². The van der Waals surface area contributed by atoms with Gasteiger partial charge in [-0.05, 0) is 37.8 Å². The van der Waals surface area contributed by atoms with Gasteiger partial charge in [-0.25, -0.2) is 9.38 Å². The second-order valence-corrected chi connectivity index (χ2v) is 6.45. The third-order valence-corrected chi connectivity index (χ3v) is 4.96. The first-order valence-electron chi connectivity index (χ1n) is 8.10. The van der Waals surface area contributed by atoms with E-state index in [2.05, 4.69) is 15.3 Å². The monoisotopic (exact) mass is 330 g/mol. The van der Waals surface area contributed by atoms with Crippen LogP contribution in [0.25, 0.3) is 0 Å². The Morgan fingerprint density at radius 1 is 1.21 bits per heavy atom. The number of halogens is 1. The van der Waals surface area contributed by atoms with Gasteiger partial charge in [0.2, 0.25) is 11.9 Å². The van der Waals surface area contributed by atoms with Crippen LogP contribution in [-0.2, 0) is 6.54 Å². The average Bonchev–Trinajstić information content (AvgIpc) is 2.89. The molecule has 0 radical (unpaired) electrons. The van der Waals surface area contributed by atoms with Crippen molar-refractivity contribution in [3.63, 3.8) is 0 Å². The lowest BCUT2D eigenvalue weighted by Gasteiger charge is -2.45. The highest BCUT2D eigenvalue weighted by molar-refractivity contribution is 6.07. The number of benzene rings is 1. The zero-order valence-electron chi connectivity index (χ0n) is 13.2. The number of fused-ring (bicyclic) bond motifs is 1. The van der Waals surface area contributed by atoms with Crippen LogP contribution in [0.1, 0.15) is 48.0 Å². The van der Waals surface area contributed by atoms with Crippen LogP contribution >= 0.6 is 0 Å². The normalized spacial score (nSPS) is 22.0. The lowest BCUT2D eigenvalue weighted by Crippen LogP contribution is -2.58. The topological polar surface area (TPSA) is 109 Å². The number of rotatable bonds is 1. The van der Waals surface area contributed by atoms with Gasteiger partial charge in [0.15, 0.2) is 0 Å². The first-order valence-corrected chi connectivity index (χ1v) is 8.10. The van der Waals surface area contributed by atoms with E-state index in [9.17, 15) is 9.18 Å². The van der Waals surface area contributed by atoms with Gasteiger partial charge in [0.1, 0.15) is 11.5 Å². The van der Waals surface area contributed by atoms with Crippen molar-refractivity contribution in [1.29, 1.82) is 0 Å². The number of carbonyl (C=O) groups is 1. The fourth-order valence-electron chi connectivity index (χ4n) is 3.89. The Morgan fingerprint density at radius 2 is 1.96 bits per heavy atom. The van der Waals surface area contributed by atoms with Crippen LogP contribution < -0.4 is 21.7 Å². The van der Waals surface area contributed by atoms with E-state index in [1.807, 2.05) is 0 Å². The lowest BCUT2D eigenvalue weighted by atomic mass is 9.87. The molecule has 2 heterocycles. The number of nitrogens with zero attached hydrogens (tertiary/aromatic N) is 3. The number of aliphatic imine (C=N–C) groups is 2. The SMILES string of the molecule is NC1=NC2(CCCCC2)N(c2cc(F)c3c(c2)C(=O)NC3)C(N)=N1. The summed E-state index contributed by atoms with van der Waals surface area (Å²) < 4.78 is 14.5. The van der Waals surface area contributed by atoms with Crippen molar-refractivity contribution in [1.82, 2.24) is 5.32 Å². The van der Waals surface area contributed by atoms with E-state index in [4.69, 9.17) is 11.5 Å². The second-order valence-electron chi connectivity index (χ2n) is 6.45. The van der Waals surface area contributed by atoms with Crippen LogP contribution in [0.3, 0.4) is 0 Å². The highest BCUT2D eigenvalue weighted by atomic mass is 19.1. The number of amides is 1. The van der Waals surface area contributed by atoms with Crippen LogP contribution in [0, 0.1) is 5.82 Å². The van der Waals surface area contributed by atoms with Gasteiger partial charge in [0, 0.05) is 23.4 Å². The highest BCUT2D eigenvalue weighted by Gasteiger charge is 2.43. The van der Waals surface area contributed by atoms with Crippen LogP contribution in [0.2, 0.25) is 0 Å². The van der Waals surface area contributed by atoms with Gasteiger partial charge < -0.3 is 16.8 Å². The maximum atomic E-state index is 14.5. The molecule has 8 heteroatoms. The van der Waals surface area contributed by atoms with Gasteiger partial charge >= 0.3 is 0 Å². The van der Waals surface area contributed by atoms with Crippen molar-refractivity contribution in [2.45, 2.75) is 44.3 Å². The highest BCUT2D eigenvalue weighted by Crippen LogP contribution is 2.40. The quantitative estimate of drug-likeness (QED) is 0.718. The van der Waals surface area contributed by atoms with E-state index in [1.165, 1.54) is 6.07 Å². The van der Waals surface area contributed by atoms with Crippen LogP contribution in [0.4, 0.5) is 10.1 Å². The Hall–Kier alpha value is -2.64. The van der Waals surface area contributed by atoms with Gasteiger partial charge in [0.05, 0.1) is 0 Å². The fraction of sp³-hybridized carbons (Fsp3) is 0.438. The Kier molecular flexibility index (Phi) is 3.22. The Balaban J connectivity index is 1.85. The number of guanidine groups is 2. The zero-order valence-corrected chi connectivity index (χ0v) is 13.2. The molecule has 0 saturated heterocycles. The van der Waals surface area contributed by atoms with Crippen molar-refractivity contribution in [3.8, 4) is 0 Å². The number of hydrogen-bond donors (Lipinski definition) is 3. The van der Waals surface area contributed by atoms with Crippen molar-refractivity contribution < 1.29 is 9.18 Å². The smallest absolute Gasteiger partial charge is 0.252 e. The minimum atomic E-state index is -0.649. The van der Waals surface area contributed by atoms with Gasteiger partial charge in [-0.2, -0.15) is 4.99 Å². The molecule has 7 nitrogen and oxygen atoms in total. The largest absolute Gasteiger partial charge is 0.369 e. The predicted octanol–water partition coefficient (Wildman–Crippen LogP) is 1.18. The number of carbonyl (C=O) groups excluding carboxylic acids is 1. The molecule has 4 rings (SSSR count). The summed E-state index contributed by atoms with van der Waals surface area (Å²) in [6.07, 6.45) is 4.59. The molecule has 1 saturated carbocycles. The Bertz CT molecular complexity index is 781. The van der Waals surface area contributed by atoms with Crippen molar-refractivity contribution in [2.24, 2.45) is 21.5 Å². The Labute approximate surface area is 138 Å². The minimum absolute atomic E-state index is 0.144. The van der Waals surface area contributed by atoms with Gasteiger partial charge in [-0.3, -0.25) is 9.69 Å². The summed E-state index contributed by atoms with van der Waals surface area (Å²) in [4.78, 5) is 22.3. The van der Waals surface area contributed by atoms with E-state index in [0.29, 0.717) is 16.8 Å². The molecule has 24 heavy (non-hydrogen) atoms. The summed E-state index contributed by atoms with van der Waals surface area (Å²) in [5, 5.41) is 2.64. The van der Waals surface area contributed by atoms with Crippen LogP contribution in [0.5, 0.6) is 0 Å². The van der Waals surface area contributed by atoms with Crippen LogP contribution in [0.15, 0.2) is 22.1 Å². The first kappa shape index (κ1) is 14.9. The van der Waals surface area contributed by atoms with E-state index >= 15 is 0 Å². The molecule has 2 aliphatic heterocycles. The number of anilines is 1. The molecule has 1 aromatic rings. The number of hydrogen-bond acceptors (Lipinski definition) is 6. The summed E-state index contributed by atoms with van der Waals surface area (Å²) in [7, 11) is 0. The maximum absolute atomic E-state index is 14.5. The van der Waals surface area contributed by atoms with Gasteiger partial charge in [0.25, 0.3) is 5.91 Å². The summed E-state index contributed by atoms with van der Waals surface area (Å²) >= 11 is 0. The predicted molar refractivity (Wildman–Crippen MR) is 89.1 cm³/mol. The molecule has 0 atom stereocenters. The van der Waals surface area contributed by atoms with Gasteiger partial charge in [-0.15, -0.1) is 0 Å². The third kappa shape index (κ3) is 2.13. The summed E-state index contributed by atoms with van der Waals surface area (Å²) in [6.45, 7) is 0.208. The van der Waals surface area contributed by atoms with Crippen molar-refractivity contribution in [2.75, 3.05) is 4.90 Å². The molecule has 0 unspecified atom stereocenters. The van der Waals surface area contributed by atoms with E-state index in [-0.39, 0.29) is 24.4 Å². The first-order chi connectivity index (χ1) is 11.5. The molecular weight excluding hydrogens is 311 g/mol. The number of nitrogens with two attached hydrogens (primary N) is 2. The minimum Gasteiger partial charge on any atom is -0.369 e. The third-order valence-electron chi connectivity index (χ3n) is 4.96. The van der Waals surface area contributed by atoms with Gasteiger partial charge in [-0.1, -0.05) is 6.42 Å². The van der Waals surface area contributed by atoms with E-state index < -0.39 is 11.5 Å². The molecule has 5 N–H and O–H groups in total. The lowest BCUT2D eigenvalue weighted by molar-refractivity contribution is 0.0965. The fourth-order valence-corrected chi connectivity index (χ4v) is 3.89. The molecule has 3 aliphatic rings. The molecule has 0 bridgehead atoms. The summed E-state index contributed by atoms with van der Waals surface area (Å²) in [5.74, 6) is -0.381. The van der Waals surface area contributed by atoms with Crippen LogP contribution in [-0.4, -0.2) is 23.5 Å². The molecule has 0 aromatic heterocycles. The second kappa shape index (κ2) is 5.19. The maximum Gasteiger partial charge on any atom is 0.252 e. The van der Waals surface area contributed by atoms with E-state index in [1.54, 1.807) is 11.0 Å². The molecular formula is C16H19FN6O. The standard InChI is InChI=1S/C16H19FN6O/c17-12-7-9(6-10-11(12)8-20-13(10)24)23-15(19)21-14(18)22-16(23)4-2-1-3-5-16/h6-7H,1-5,8H2,(H,20,24)(H4,18,19,21,22). The number of nitrogens with one attached hydrogen (secondary N) is 1.